The Hall–Kier alpha value is -1.26. The zero-order chi connectivity index (χ0) is 17.8. The standard InChI is InChI=1S/C20H35N3O2/c1-3-4-5-6-7-8-9-10-15-13-16-11-12-17-18(19(24)25)14(2)21-20(22-15)23(16)17/h14-18H,3-13H2,1-2H3,(H2,21,22,24,25)/p+1/t14-,15-,16+,17+,18+/m1/s1. The van der Waals surface area contributed by atoms with Gasteiger partial charge in [-0.05, 0) is 26.2 Å². The van der Waals surface area contributed by atoms with Crippen LogP contribution in [0.1, 0.15) is 84.5 Å². The van der Waals surface area contributed by atoms with Gasteiger partial charge in [-0.25, -0.2) is 0 Å². The number of hydrogen-bond donors (Lipinski definition) is 3. The maximum Gasteiger partial charge on any atom is 0.346 e. The first kappa shape index (κ1) is 18.5. The Balaban J connectivity index is 1.50. The van der Waals surface area contributed by atoms with E-state index in [2.05, 4.69) is 22.1 Å². The van der Waals surface area contributed by atoms with Crippen LogP contribution in [0.25, 0.3) is 0 Å². The third-order valence-electron chi connectivity index (χ3n) is 6.46. The van der Waals surface area contributed by atoms with Gasteiger partial charge in [0.05, 0.1) is 24.2 Å². The van der Waals surface area contributed by atoms with Crippen molar-refractivity contribution in [1.82, 2.24) is 10.6 Å². The van der Waals surface area contributed by atoms with E-state index in [1.54, 1.807) is 0 Å². The van der Waals surface area contributed by atoms with E-state index < -0.39 is 5.97 Å². The number of guanidine groups is 1. The normalized spacial score (nSPS) is 33.6. The largest absolute Gasteiger partial charge is 0.481 e. The molecular weight excluding hydrogens is 314 g/mol. The minimum atomic E-state index is -0.658. The zero-order valence-corrected chi connectivity index (χ0v) is 16.0. The first-order valence-electron chi connectivity index (χ1n) is 10.5. The summed E-state index contributed by atoms with van der Waals surface area (Å²) in [6, 6.07) is 1.24. The maximum absolute atomic E-state index is 11.7. The fourth-order valence-electron chi connectivity index (χ4n) is 5.17. The summed E-state index contributed by atoms with van der Waals surface area (Å²) in [5.41, 5.74) is 0. The smallest absolute Gasteiger partial charge is 0.346 e. The van der Waals surface area contributed by atoms with Crippen molar-refractivity contribution in [3.63, 3.8) is 0 Å². The predicted molar refractivity (Wildman–Crippen MR) is 100.0 cm³/mol. The monoisotopic (exact) mass is 350 g/mol. The summed E-state index contributed by atoms with van der Waals surface area (Å²) < 4.78 is 2.36. The second-order valence-electron chi connectivity index (χ2n) is 8.34. The van der Waals surface area contributed by atoms with Gasteiger partial charge >= 0.3 is 11.9 Å². The lowest BCUT2D eigenvalue weighted by Gasteiger charge is -2.37. The summed E-state index contributed by atoms with van der Waals surface area (Å²) in [6.45, 7) is 4.28. The van der Waals surface area contributed by atoms with Crippen LogP contribution in [0.4, 0.5) is 0 Å². The summed E-state index contributed by atoms with van der Waals surface area (Å²) in [4.78, 5) is 11.7. The molecule has 5 heteroatoms. The number of hydrogen-bond acceptors (Lipinski definition) is 3. The minimum absolute atomic E-state index is 0.00249. The number of nitrogens with zero attached hydrogens (tertiary/aromatic N) is 1. The van der Waals surface area contributed by atoms with Gasteiger partial charge < -0.3 is 5.11 Å². The highest BCUT2D eigenvalue weighted by molar-refractivity contribution is 5.80. The van der Waals surface area contributed by atoms with Crippen molar-refractivity contribution < 1.29 is 14.5 Å². The van der Waals surface area contributed by atoms with Crippen LogP contribution in [0.15, 0.2) is 0 Å². The van der Waals surface area contributed by atoms with Crippen molar-refractivity contribution in [1.29, 1.82) is 0 Å². The van der Waals surface area contributed by atoms with Gasteiger partial charge in [0.1, 0.15) is 5.92 Å². The molecule has 5 nitrogen and oxygen atoms in total. The lowest BCUT2D eigenvalue weighted by Crippen LogP contribution is -2.66. The molecule has 142 valence electrons. The number of carboxylic acid groups (broad SMARTS) is 1. The molecule has 3 rings (SSSR count). The topological polar surface area (TPSA) is 64.4 Å². The molecule has 0 aliphatic carbocycles. The van der Waals surface area contributed by atoms with E-state index in [1.807, 2.05) is 6.92 Å². The quantitative estimate of drug-likeness (QED) is 0.442. The lowest BCUT2D eigenvalue weighted by molar-refractivity contribution is -0.598. The molecule has 0 aromatic carbocycles. The number of carboxylic acids is 1. The Morgan fingerprint density at radius 2 is 1.84 bits per heavy atom. The van der Waals surface area contributed by atoms with Crippen molar-refractivity contribution >= 4 is 11.9 Å². The molecule has 3 heterocycles. The van der Waals surface area contributed by atoms with Crippen molar-refractivity contribution in [2.24, 2.45) is 5.92 Å². The Morgan fingerprint density at radius 3 is 2.56 bits per heavy atom. The summed E-state index contributed by atoms with van der Waals surface area (Å²) >= 11 is 0. The molecule has 25 heavy (non-hydrogen) atoms. The van der Waals surface area contributed by atoms with Gasteiger partial charge in [-0.3, -0.25) is 20.0 Å². The Bertz CT molecular complexity index is 505. The Kier molecular flexibility index (Phi) is 6.24. The van der Waals surface area contributed by atoms with E-state index in [0.29, 0.717) is 12.1 Å². The third kappa shape index (κ3) is 4.12. The fourth-order valence-corrected chi connectivity index (χ4v) is 5.17. The highest BCUT2D eigenvalue weighted by Crippen LogP contribution is 2.34. The van der Waals surface area contributed by atoms with E-state index >= 15 is 0 Å². The molecule has 0 unspecified atom stereocenters. The number of carbonyl (C=O) groups is 1. The van der Waals surface area contributed by atoms with Crippen LogP contribution in [0.2, 0.25) is 0 Å². The molecule has 0 bridgehead atoms. The van der Waals surface area contributed by atoms with Gasteiger partial charge in [0, 0.05) is 6.42 Å². The van der Waals surface area contributed by atoms with E-state index in [0.717, 1.165) is 25.2 Å². The highest BCUT2D eigenvalue weighted by Gasteiger charge is 2.52. The van der Waals surface area contributed by atoms with E-state index in [9.17, 15) is 9.90 Å². The molecule has 3 aliphatic rings. The molecule has 0 spiro atoms. The molecule has 0 saturated carbocycles. The molecule has 3 N–H and O–H groups in total. The van der Waals surface area contributed by atoms with Crippen LogP contribution in [-0.4, -0.2) is 45.8 Å². The first-order chi connectivity index (χ1) is 12.1. The number of aliphatic carboxylic acids is 1. The highest BCUT2D eigenvalue weighted by atomic mass is 16.4. The van der Waals surface area contributed by atoms with Gasteiger partial charge in [0.25, 0.3) is 0 Å². The number of nitrogens with one attached hydrogen (secondary N) is 2. The zero-order valence-electron chi connectivity index (χ0n) is 16.0. The van der Waals surface area contributed by atoms with Crippen LogP contribution in [0.3, 0.4) is 0 Å². The molecule has 0 aromatic heterocycles. The van der Waals surface area contributed by atoms with Crippen LogP contribution >= 0.6 is 0 Å². The van der Waals surface area contributed by atoms with Crippen LogP contribution < -0.4 is 10.6 Å². The maximum atomic E-state index is 11.7. The fraction of sp³-hybridized carbons (Fsp3) is 0.900. The van der Waals surface area contributed by atoms with Gasteiger partial charge in [0.2, 0.25) is 0 Å². The van der Waals surface area contributed by atoms with Crippen LogP contribution in [0, 0.1) is 5.92 Å². The Labute approximate surface area is 152 Å². The molecule has 0 amide bonds. The summed E-state index contributed by atoms with van der Waals surface area (Å²) in [5, 5.41) is 16.7. The van der Waals surface area contributed by atoms with Crippen LogP contribution in [-0.2, 0) is 4.79 Å². The number of unbranched alkanes of at least 4 members (excludes halogenated alkanes) is 6. The lowest BCUT2D eigenvalue weighted by atomic mass is 9.90. The predicted octanol–water partition coefficient (Wildman–Crippen LogP) is 3.08. The second kappa shape index (κ2) is 8.41. The summed E-state index contributed by atoms with van der Waals surface area (Å²) in [5.74, 6) is 0.154. The van der Waals surface area contributed by atoms with Gasteiger partial charge in [0.15, 0.2) is 0 Å². The molecule has 5 atom stereocenters. The molecular formula is C20H36N3O2+. The molecule has 0 radical (unpaired) electrons. The summed E-state index contributed by atoms with van der Waals surface area (Å²) in [7, 11) is 0. The van der Waals surface area contributed by atoms with Gasteiger partial charge in [-0.15, -0.1) is 0 Å². The van der Waals surface area contributed by atoms with Crippen molar-refractivity contribution in [2.75, 3.05) is 0 Å². The van der Waals surface area contributed by atoms with Crippen LogP contribution in [0.5, 0.6) is 0 Å². The van der Waals surface area contributed by atoms with E-state index in [1.165, 1.54) is 51.4 Å². The average Bonchev–Trinajstić information content (AvgIpc) is 2.98. The van der Waals surface area contributed by atoms with Gasteiger partial charge in [-0.2, -0.15) is 0 Å². The van der Waals surface area contributed by atoms with E-state index in [4.69, 9.17) is 0 Å². The first-order valence-corrected chi connectivity index (χ1v) is 10.5. The van der Waals surface area contributed by atoms with E-state index in [-0.39, 0.29) is 18.0 Å². The third-order valence-corrected chi connectivity index (χ3v) is 6.46. The molecule has 1 fully saturated rings. The Morgan fingerprint density at radius 1 is 1.12 bits per heavy atom. The summed E-state index contributed by atoms with van der Waals surface area (Å²) in [6.07, 6.45) is 14.1. The minimum Gasteiger partial charge on any atom is -0.481 e. The molecule has 0 aromatic rings. The van der Waals surface area contributed by atoms with Crippen molar-refractivity contribution in [3.8, 4) is 0 Å². The molecule has 1 saturated heterocycles. The SMILES string of the molecule is CCCCCCCCC[C@@H]1C[C@@H]2CC[C@H]3[C@@H](C(=O)O)[C@@H](C)NC(=[N+]23)N1. The average molecular weight is 351 g/mol. The molecule has 3 aliphatic heterocycles. The number of rotatable bonds is 9. The second-order valence-corrected chi connectivity index (χ2v) is 8.34. The van der Waals surface area contributed by atoms with Crippen molar-refractivity contribution in [3.05, 3.63) is 0 Å². The van der Waals surface area contributed by atoms with Gasteiger partial charge in [-0.1, -0.05) is 51.9 Å². The van der Waals surface area contributed by atoms with Crippen molar-refractivity contribution in [2.45, 2.75) is 109 Å².